The number of allylic oxidation sites excluding steroid dienone is 2. The van der Waals surface area contributed by atoms with E-state index in [9.17, 15) is 9.90 Å². The van der Waals surface area contributed by atoms with Crippen molar-refractivity contribution < 1.29 is 9.90 Å². The number of fused-ring (bicyclic) bond motifs is 5. The highest BCUT2D eigenvalue weighted by Gasteiger charge is 2.59. The van der Waals surface area contributed by atoms with Gasteiger partial charge >= 0.3 is 0 Å². The fourth-order valence-electron chi connectivity index (χ4n) is 6.46. The fourth-order valence-corrected chi connectivity index (χ4v) is 6.46. The van der Waals surface area contributed by atoms with Crippen LogP contribution in [0.15, 0.2) is 23.3 Å². The molecule has 120 valence electrons. The average molecular weight is 300 g/mol. The summed E-state index contributed by atoms with van der Waals surface area (Å²) in [6.45, 7) is 11.0. The normalized spacial score (nSPS) is 46.5. The molecule has 4 aliphatic rings. The van der Waals surface area contributed by atoms with Gasteiger partial charge in [-0.25, -0.2) is 0 Å². The van der Waals surface area contributed by atoms with Gasteiger partial charge in [0, 0.05) is 11.3 Å². The summed E-state index contributed by atoms with van der Waals surface area (Å²) in [6.07, 6.45) is 5.91. The number of ketones is 1. The van der Waals surface area contributed by atoms with Gasteiger partial charge in [-0.15, -0.1) is 0 Å². The lowest BCUT2D eigenvalue weighted by atomic mass is 9.47. The molecule has 1 N–H and O–H groups in total. The van der Waals surface area contributed by atoms with E-state index in [4.69, 9.17) is 0 Å². The number of carbonyl (C=O) groups is 1. The predicted molar refractivity (Wildman–Crippen MR) is 87.2 cm³/mol. The van der Waals surface area contributed by atoms with Crippen LogP contribution >= 0.6 is 0 Å². The monoisotopic (exact) mass is 300 g/mol. The molecule has 0 aromatic carbocycles. The van der Waals surface area contributed by atoms with Gasteiger partial charge in [0.25, 0.3) is 0 Å². The summed E-state index contributed by atoms with van der Waals surface area (Å²) in [5.41, 5.74) is 3.73. The Morgan fingerprint density at radius 1 is 1.23 bits per heavy atom. The summed E-state index contributed by atoms with van der Waals surface area (Å²) < 4.78 is 0. The minimum Gasteiger partial charge on any atom is -0.392 e. The van der Waals surface area contributed by atoms with Gasteiger partial charge in [-0.05, 0) is 61.3 Å². The highest BCUT2D eigenvalue weighted by molar-refractivity contribution is 6.02. The van der Waals surface area contributed by atoms with Gasteiger partial charge in [0.1, 0.15) is 0 Å². The van der Waals surface area contributed by atoms with E-state index >= 15 is 0 Å². The van der Waals surface area contributed by atoms with Gasteiger partial charge in [-0.1, -0.05) is 38.5 Å². The number of carbonyl (C=O) groups excluding carboxylic acids is 1. The highest BCUT2D eigenvalue weighted by Crippen LogP contribution is 2.64. The molecular weight excluding hydrogens is 272 g/mol. The first-order valence-electron chi connectivity index (χ1n) is 8.90. The maximum atomic E-state index is 12.7. The topological polar surface area (TPSA) is 37.3 Å². The van der Waals surface area contributed by atoms with Crippen LogP contribution in [0.5, 0.6) is 0 Å². The van der Waals surface area contributed by atoms with Gasteiger partial charge in [0.2, 0.25) is 0 Å². The van der Waals surface area contributed by atoms with Gasteiger partial charge in [0.05, 0.1) is 6.10 Å². The zero-order valence-corrected chi connectivity index (χ0v) is 14.1. The van der Waals surface area contributed by atoms with Gasteiger partial charge in [-0.2, -0.15) is 0 Å². The van der Waals surface area contributed by atoms with Crippen molar-refractivity contribution in [1.82, 2.24) is 0 Å². The Balaban J connectivity index is 1.87. The quantitative estimate of drug-likeness (QED) is 0.541. The van der Waals surface area contributed by atoms with Crippen molar-refractivity contribution in [2.45, 2.75) is 65.4 Å². The number of Topliss-reactive ketones (excluding diaryl/α,β-unsaturated/α-hetero) is 1. The molecule has 0 aromatic heterocycles. The zero-order chi connectivity index (χ0) is 15.9. The number of aliphatic hydroxyl groups is 1. The molecule has 0 saturated heterocycles. The van der Waals surface area contributed by atoms with E-state index in [0.717, 1.165) is 37.7 Å². The van der Waals surface area contributed by atoms with Crippen molar-refractivity contribution in [3.05, 3.63) is 23.3 Å². The molecule has 0 amide bonds. The third kappa shape index (κ3) is 1.62. The molecular formula is C20H28O2. The molecule has 0 aliphatic heterocycles. The molecule has 0 radical (unpaired) electrons. The molecule has 2 bridgehead atoms. The van der Waals surface area contributed by atoms with E-state index in [1.54, 1.807) is 0 Å². The van der Waals surface area contributed by atoms with Gasteiger partial charge < -0.3 is 5.11 Å². The lowest BCUT2D eigenvalue weighted by Gasteiger charge is -2.58. The lowest BCUT2D eigenvalue weighted by molar-refractivity contribution is -0.120. The maximum Gasteiger partial charge on any atom is 0.165 e. The van der Waals surface area contributed by atoms with Crippen molar-refractivity contribution in [3.63, 3.8) is 0 Å². The van der Waals surface area contributed by atoms with Gasteiger partial charge in [-0.3, -0.25) is 4.79 Å². The molecule has 5 atom stereocenters. The first-order valence-corrected chi connectivity index (χ1v) is 8.90. The van der Waals surface area contributed by atoms with Crippen molar-refractivity contribution in [2.24, 2.45) is 28.6 Å². The van der Waals surface area contributed by atoms with E-state index < -0.39 is 0 Å². The Bertz CT molecular complexity index is 597. The van der Waals surface area contributed by atoms with Crippen LogP contribution in [-0.2, 0) is 4.79 Å². The van der Waals surface area contributed by atoms with E-state index in [1.165, 1.54) is 17.6 Å². The Hall–Kier alpha value is -0.890. The summed E-state index contributed by atoms with van der Waals surface area (Å²) >= 11 is 0. The van der Waals surface area contributed by atoms with Gasteiger partial charge in [0.15, 0.2) is 5.78 Å². The lowest BCUT2D eigenvalue weighted by Crippen LogP contribution is -2.55. The molecule has 4 rings (SSSR count). The number of aliphatic hydroxyl groups excluding tert-OH is 1. The zero-order valence-electron chi connectivity index (χ0n) is 14.1. The smallest absolute Gasteiger partial charge is 0.165 e. The third-order valence-corrected chi connectivity index (χ3v) is 7.60. The van der Waals surface area contributed by atoms with Crippen molar-refractivity contribution >= 4 is 5.78 Å². The fraction of sp³-hybridized carbons (Fsp3) is 0.750. The minimum absolute atomic E-state index is 0.0256. The van der Waals surface area contributed by atoms with Crippen molar-refractivity contribution in [2.75, 3.05) is 0 Å². The second-order valence-corrected chi connectivity index (χ2v) is 9.01. The van der Waals surface area contributed by atoms with Crippen LogP contribution in [-0.4, -0.2) is 17.0 Å². The molecule has 22 heavy (non-hydrogen) atoms. The number of rotatable bonds is 0. The Labute approximate surface area is 133 Å². The summed E-state index contributed by atoms with van der Waals surface area (Å²) in [6, 6.07) is 0. The molecule has 2 fully saturated rings. The number of hydrogen-bond acceptors (Lipinski definition) is 2. The Kier molecular flexibility index (Phi) is 2.90. The minimum atomic E-state index is -0.297. The largest absolute Gasteiger partial charge is 0.392 e. The molecule has 2 heteroatoms. The molecule has 4 aliphatic carbocycles. The van der Waals surface area contributed by atoms with Crippen LogP contribution in [0.2, 0.25) is 0 Å². The van der Waals surface area contributed by atoms with E-state index in [1.807, 2.05) is 0 Å². The molecule has 0 unspecified atom stereocenters. The summed E-state index contributed by atoms with van der Waals surface area (Å²) in [5.74, 6) is 1.16. The molecule has 0 aromatic rings. The van der Waals surface area contributed by atoms with Crippen LogP contribution in [0.25, 0.3) is 0 Å². The maximum absolute atomic E-state index is 12.7. The summed E-state index contributed by atoms with van der Waals surface area (Å²) in [5, 5.41) is 10.9. The molecule has 2 nitrogen and oxygen atoms in total. The standard InChI is InChI=1S/C20H28O2/c1-11-13-9-12-5-6-15-19(2,3)8-7-16(21)20(15,4)17(12)14(10-13)18(11)22/h13-16,21H,1,5-10H2,2-4H3/t13-,14+,15-,16+,20+/m1/s1. The third-order valence-electron chi connectivity index (χ3n) is 7.60. The van der Waals surface area contributed by atoms with Crippen LogP contribution in [0.1, 0.15) is 59.3 Å². The Morgan fingerprint density at radius 2 is 1.95 bits per heavy atom. The highest BCUT2D eigenvalue weighted by atomic mass is 16.3. The predicted octanol–water partition coefficient (Wildman–Crippen LogP) is 4.05. The SMILES string of the molecule is C=C1C(=O)[C@H]2C[C@H]1CC1=C2[C@@]2(C)[C@H](CC1)C(C)(C)CC[C@@H]2O. The Morgan fingerprint density at radius 3 is 2.68 bits per heavy atom. The number of hydrogen-bond donors (Lipinski definition) is 1. The van der Waals surface area contributed by atoms with E-state index in [-0.39, 0.29) is 28.6 Å². The average Bonchev–Trinajstić information content (AvgIpc) is 2.68. The first-order chi connectivity index (χ1) is 10.3. The first kappa shape index (κ1) is 14.7. The molecule has 0 heterocycles. The second kappa shape index (κ2) is 4.35. The van der Waals surface area contributed by atoms with Crippen LogP contribution in [0, 0.1) is 28.6 Å². The van der Waals surface area contributed by atoms with Crippen LogP contribution in [0.3, 0.4) is 0 Å². The summed E-state index contributed by atoms with van der Waals surface area (Å²) in [7, 11) is 0. The summed E-state index contributed by atoms with van der Waals surface area (Å²) in [4.78, 5) is 12.7. The second-order valence-electron chi connectivity index (χ2n) is 9.01. The molecule has 0 spiro atoms. The van der Waals surface area contributed by atoms with Crippen molar-refractivity contribution in [1.29, 1.82) is 0 Å². The van der Waals surface area contributed by atoms with Crippen LogP contribution < -0.4 is 0 Å². The molecule has 2 saturated carbocycles. The van der Waals surface area contributed by atoms with E-state index in [0.29, 0.717) is 11.8 Å². The van der Waals surface area contributed by atoms with Crippen LogP contribution in [0.4, 0.5) is 0 Å². The van der Waals surface area contributed by atoms with Crippen molar-refractivity contribution in [3.8, 4) is 0 Å². The van der Waals surface area contributed by atoms with E-state index in [2.05, 4.69) is 27.4 Å².